The molecule has 1 N–H and O–H groups in total. The summed E-state index contributed by atoms with van der Waals surface area (Å²) in [4.78, 5) is 14.9. The van der Waals surface area contributed by atoms with Crippen LogP contribution in [0.25, 0.3) is 0 Å². The van der Waals surface area contributed by atoms with E-state index in [1.54, 1.807) is 0 Å². The molecular formula is C18H24N2O. The van der Waals surface area contributed by atoms with Crippen LogP contribution in [0.5, 0.6) is 0 Å². The molecule has 3 heteroatoms. The minimum absolute atomic E-state index is 0.0772. The standard InChI is InChI=1S/C18H24N2O/c1-11-4-5-15(13(3)8-11)16-19-18(6-7-18)17(21)20(16)10-14-9-12(14)2/h4-5,8,12,14,16,19H,6-7,9-10H2,1-3H3. The van der Waals surface area contributed by atoms with Gasteiger partial charge in [0.05, 0.1) is 0 Å². The number of nitrogens with zero attached hydrogens (tertiary/aromatic N) is 1. The molecular weight excluding hydrogens is 260 g/mol. The molecule has 1 spiro atoms. The highest BCUT2D eigenvalue weighted by Crippen LogP contribution is 2.48. The quantitative estimate of drug-likeness (QED) is 0.925. The van der Waals surface area contributed by atoms with Crippen molar-refractivity contribution in [1.82, 2.24) is 10.2 Å². The minimum Gasteiger partial charge on any atom is -0.321 e. The molecule has 2 aliphatic carbocycles. The number of aryl methyl sites for hydroxylation is 2. The molecule has 21 heavy (non-hydrogen) atoms. The smallest absolute Gasteiger partial charge is 0.244 e. The van der Waals surface area contributed by atoms with Crippen LogP contribution in [0, 0.1) is 25.7 Å². The van der Waals surface area contributed by atoms with Crippen molar-refractivity contribution in [2.45, 2.75) is 51.7 Å². The first-order chi connectivity index (χ1) is 10.00. The molecule has 3 aliphatic rings. The van der Waals surface area contributed by atoms with Crippen molar-refractivity contribution >= 4 is 5.91 Å². The molecule has 1 aliphatic heterocycles. The Bertz CT molecular complexity index is 605. The molecule has 0 bridgehead atoms. The highest BCUT2D eigenvalue weighted by Gasteiger charge is 2.60. The van der Waals surface area contributed by atoms with Gasteiger partial charge >= 0.3 is 0 Å². The van der Waals surface area contributed by atoms with Crippen molar-refractivity contribution < 1.29 is 4.79 Å². The molecule has 3 atom stereocenters. The zero-order chi connectivity index (χ0) is 14.8. The predicted octanol–water partition coefficient (Wildman–Crippen LogP) is 2.92. The van der Waals surface area contributed by atoms with E-state index in [2.05, 4.69) is 49.2 Å². The summed E-state index contributed by atoms with van der Waals surface area (Å²) in [7, 11) is 0. The fraction of sp³-hybridized carbons (Fsp3) is 0.611. The minimum atomic E-state index is -0.222. The lowest BCUT2D eigenvalue weighted by Crippen LogP contribution is -2.34. The average Bonchev–Trinajstić information content (AvgIpc) is 3.31. The van der Waals surface area contributed by atoms with E-state index >= 15 is 0 Å². The summed E-state index contributed by atoms with van der Waals surface area (Å²) in [6.07, 6.45) is 3.36. The van der Waals surface area contributed by atoms with Crippen molar-refractivity contribution in [3.05, 3.63) is 34.9 Å². The van der Waals surface area contributed by atoms with Crippen molar-refractivity contribution in [2.75, 3.05) is 6.54 Å². The molecule has 0 aromatic heterocycles. The van der Waals surface area contributed by atoms with Crippen LogP contribution in [0.4, 0.5) is 0 Å². The van der Waals surface area contributed by atoms with Crippen molar-refractivity contribution in [1.29, 1.82) is 0 Å². The van der Waals surface area contributed by atoms with Gasteiger partial charge in [-0.25, -0.2) is 0 Å². The Kier molecular flexibility index (Phi) is 2.74. The Labute approximate surface area is 126 Å². The van der Waals surface area contributed by atoms with Crippen LogP contribution >= 0.6 is 0 Å². The second-order valence-electron chi connectivity index (χ2n) is 7.42. The molecule has 3 unspecified atom stereocenters. The molecule has 3 fully saturated rings. The van der Waals surface area contributed by atoms with Crippen molar-refractivity contribution in [3.8, 4) is 0 Å². The Hall–Kier alpha value is -1.35. The molecule has 4 rings (SSSR count). The summed E-state index contributed by atoms with van der Waals surface area (Å²) in [6, 6.07) is 6.57. The summed E-state index contributed by atoms with van der Waals surface area (Å²) < 4.78 is 0. The molecule has 1 aromatic rings. The molecule has 112 valence electrons. The Morgan fingerprint density at radius 2 is 2.05 bits per heavy atom. The van der Waals surface area contributed by atoms with Crippen LogP contribution in [-0.4, -0.2) is 22.9 Å². The summed E-state index contributed by atoms with van der Waals surface area (Å²) in [5.74, 6) is 1.83. The van der Waals surface area contributed by atoms with Gasteiger partial charge in [-0.3, -0.25) is 10.1 Å². The van der Waals surface area contributed by atoms with E-state index in [1.807, 2.05) is 0 Å². The van der Waals surface area contributed by atoms with Gasteiger partial charge in [0, 0.05) is 6.54 Å². The number of carbonyl (C=O) groups excluding carboxylic acids is 1. The Balaban J connectivity index is 1.66. The molecule has 3 nitrogen and oxygen atoms in total. The first kappa shape index (κ1) is 13.3. The van der Waals surface area contributed by atoms with E-state index in [0.29, 0.717) is 11.8 Å². The van der Waals surface area contributed by atoms with Crippen molar-refractivity contribution in [2.24, 2.45) is 11.8 Å². The fourth-order valence-corrected chi connectivity index (χ4v) is 3.75. The second kappa shape index (κ2) is 4.33. The first-order valence-corrected chi connectivity index (χ1v) is 8.16. The van der Waals surface area contributed by atoms with Crippen LogP contribution in [-0.2, 0) is 4.79 Å². The normalized spacial score (nSPS) is 32.8. The van der Waals surface area contributed by atoms with E-state index in [-0.39, 0.29) is 11.7 Å². The van der Waals surface area contributed by atoms with E-state index < -0.39 is 0 Å². The van der Waals surface area contributed by atoms with Gasteiger partial charge < -0.3 is 4.90 Å². The number of carbonyl (C=O) groups is 1. The van der Waals surface area contributed by atoms with E-state index in [0.717, 1.165) is 25.3 Å². The third kappa shape index (κ3) is 2.10. The largest absolute Gasteiger partial charge is 0.321 e. The van der Waals surface area contributed by atoms with Gasteiger partial charge in [-0.2, -0.15) is 0 Å². The number of rotatable bonds is 3. The number of amides is 1. The van der Waals surface area contributed by atoms with Gasteiger partial charge in [0.15, 0.2) is 0 Å². The highest BCUT2D eigenvalue weighted by atomic mass is 16.2. The number of hydrogen-bond acceptors (Lipinski definition) is 2. The summed E-state index contributed by atoms with van der Waals surface area (Å²) >= 11 is 0. The third-order valence-electron chi connectivity index (χ3n) is 5.57. The lowest BCUT2D eigenvalue weighted by Gasteiger charge is -2.26. The van der Waals surface area contributed by atoms with Gasteiger partial charge in [-0.15, -0.1) is 0 Å². The summed E-state index contributed by atoms with van der Waals surface area (Å²) in [6.45, 7) is 7.49. The lowest BCUT2D eigenvalue weighted by atomic mass is 10.0. The van der Waals surface area contributed by atoms with E-state index in [9.17, 15) is 4.79 Å². The number of hydrogen-bond donors (Lipinski definition) is 1. The average molecular weight is 284 g/mol. The zero-order valence-corrected chi connectivity index (χ0v) is 13.1. The van der Waals surface area contributed by atoms with Gasteiger partial charge in [0.1, 0.15) is 11.7 Å². The van der Waals surface area contributed by atoms with Gasteiger partial charge in [0.25, 0.3) is 0 Å². The third-order valence-corrected chi connectivity index (χ3v) is 5.57. The zero-order valence-electron chi connectivity index (χ0n) is 13.1. The number of benzene rings is 1. The first-order valence-electron chi connectivity index (χ1n) is 8.16. The SMILES string of the molecule is Cc1ccc(C2NC3(CC3)C(=O)N2CC2CC2C)c(C)c1. The fourth-order valence-electron chi connectivity index (χ4n) is 3.75. The molecule has 1 saturated heterocycles. The van der Waals surface area contributed by atoms with Crippen LogP contribution in [0.1, 0.15) is 49.0 Å². The van der Waals surface area contributed by atoms with E-state index in [1.165, 1.54) is 23.1 Å². The second-order valence-corrected chi connectivity index (χ2v) is 7.42. The summed E-state index contributed by atoms with van der Waals surface area (Å²) in [5.41, 5.74) is 3.61. The molecule has 0 radical (unpaired) electrons. The Morgan fingerprint density at radius 1 is 1.33 bits per heavy atom. The van der Waals surface area contributed by atoms with Crippen LogP contribution < -0.4 is 5.32 Å². The maximum Gasteiger partial charge on any atom is 0.244 e. The maximum absolute atomic E-state index is 12.8. The highest BCUT2D eigenvalue weighted by molar-refractivity contribution is 5.92. The van der Waals surface area contributed by atoms with Gasteiger partial charge in [-0.05, 0) is 56.1 Å². The van der Waals surface area contributed by atoms with Gasteiger partial charge in [-0.1, -0.05) is 30.7 Å². The summed E-state index contributed by atoms with van der Waals surface area (Å²) in [5, 5.41) is 3.64. The maximum atomic E-state index is 12.8. The Morgan fingerprint density at radius 3 is 2.62 bits per heavy atom. The van der Waals surface area contributed by atoms with Gasteiger partial charge in [0.2, 0.25) is 5.91 Å². The van der Waals surface area contributed by atoms with Crippen LogP contribution in [0.15, 0.2) is 18.2 Å². The monoisotopic (exact) mass is 284 g/mol. The molecule has 1 aromatic carbocycles. The number of nitrogens with one attached hydrogen (secondary N) is 1. The molecule has 1 amide bonds. The van der Waals surface area contributed by atoms with Crippen LogP contribution in [0.2, 0.25) is 0 Å². The topological polar surface area (TPSA) is 32.3 Å². The molecule has 1 heterocycles. The van der Waals surface area contributed by atoms with E-state index in [4.69, 9.17) is 0 Å². The molecule has 2 saturated carbocycles. The van der Waals surface area contributed by atoms with Crippen LogP contribution in [0.3, 0.4) is 0 Å². The lowest BCUT2D eigenvalue weighted by molar-refractivity contribution is -0.131. The van der Waals surface area contributed by atoms with Crippen molar-refractivity contribution in [3.63, 3.8) is 0 Å². The predicted molar refractivity (Wildman–Crippen MR) is 82.7 cm³/mol.